The molecule has 2 aromatic rings. The molecular formula is C16H12ClN3O2. The highest BCUT2D eigenvalue weighted by atomic mass is 35.5. The molecule has 0 atom stereocenters. The SMILES string of the molecule is N#CCC(=O)Nc1cccc(C(=O)Nc2ccc(Cl)cc2)c1. The number of carbonyl (C=O) groups is 2. The van der Waals surface area contributed by atoms with Crippen LogP contribution in [0.2, 0.25) is 5.02 Å². The van der Waals surface area contributed by atoms with Crippen LogP contribution >= 0.6 is 11.6 Å². The van der Waals surface area contributed by atoms with E-state index in [9.17, 15) is 9.59 Å². The number of hydrogen-bond acceptors (Lipinski definition) is 3. The fourth-order valence-electron chi connectivity index (χ4n) is 1.75. The Kier molecular flexibility index (Phi) is 5.12. The Morgan fingerprint density at radius 3 is 2.45 bits per heavy atom. The van der Waals surface area contributed by atoms with Gasteiger partial charge in [0.2, 0.25) is 5.91 Å². The average molecular weight is 314 g/mol. The lowest BCUT2D eigenvalue weighted by molar-refractivity contribution is -0.115. The second-order valence-corrected chi connectivity index (χ2v) is 4.86. The van der Waals surface area contributed by atoms with Gasteiger partial charge >= 0.3 is 0 Å². The third-order valence-electron chi connectivity index (χ3n) is 2.75. The topological polar surface area (TPSA) is 82.0 Å². The van der Waals surface area contributed by atoms with E-state index < -0.39 is 5.91 Å². The largest absolute Gasteiger partial charge is 0.325 e. The number of amides is 2. The molecule has 0 fully saturated rings. The van der Waals surface area contributed by atoms with Crippen LogP contribution in [0.25, 0.3) is 0 Å². The van der Waals surface area contributed by atoms with Crippen molar-refractivity contribution in [2.24, 2.45) is 0 Å². The molecule has 2 aromatic carbocycles. The van der Waals surface area contributed by atoms with Gasteiger partial charge in [-0.15, -0.1) is 0 Å². The maximum Gasteiger partial charge on any atom is 0.255 e. The molecule has 0 bridgehead atoms. The Hall–Kier alpha value is -2.84. The number of carbonyl (C=O) groups excluding carboxylic acids is 2. The van der Waals surface area contributed by atoms with Crippen LogP contribution in [0.4, 0.5) is 11.4 Å². The maximum absolute atomic E-state index is 12.2. The Labute approximate surface area is 132 Å². The van der Waals surface area contributed by atoms with Gasteiger partial charge in [0.1, 0.15) is 6.42 Å². The Bertz CT molecular complexity index is 736. The van der Waals surface area contributed by atoms with Crippen molar-refractivity contribution < 1.29 is 9.59 Å². The van der Waals surface area contributed by atoms with Crippen LogP contribution < -0.4 is 10.6 Å². The van der Waals surface area contributed by atoms with Crippen molar-refractivity contribution in [3.05, 3.63) is 59.1 Å². The molecule has 0 unspecified atom stereocenters. The summed E-state index contributed by atoms with van der Waals surface area (Å²) in [6.45, 7) is 0. The summed E-state index contributed by atoms with van der Waals surface area (Å²) in [6.07, 6.45) is -0.235. The summed E-state index contributed by atoms with van der Waals surface area (Å²) in [5.41, 5.74) is 1.47. The van der Waals surface area contributed by atoms with E-state index in [1.54, 1.807) is 54.6 Å². The summed E-state index contributed by atoms with van der Waals surface area (Å²) in [5, 5.41) is 14.3. The van der Waals surface area contributed by atoms with Crippen molar-refractivity contribution in [3.63, 3.8) is 0 Å². The molecule has 2 N–H and O–H groups in total. The number of rotatable bonds is 4. The van der Waals surface area contributed by atoms with Crippen LogP contribution in [0.15, 0.2) is 48.5 Å². The van der Waals surface area contributed by atoms with E-state index in [4.69, 9.17) is 16.9 Å². The number of nitrogens with zero attached hydrogens (tertiary/aromatic N) is 1. The van der Waals surface area contributed by atoms with Gasteiger partial charge in [0.25, 0.3) is 5.91 Å². The molecule has 0 saturated heterocycles. The van der Waals surface area contributed by atoms with Gasteiger partial charge in [-0.05, 0) is 42.5 Å². The highest BCUT2D eigenvalue weighted by Crippen LogP contribution is 2.16. The monoisotopic (exact) mass is 313 g/mol. The molecule has 0 aliphatic carbocycles. The maximum atomic E-state index is 12.2. The molecule has 2 rings (SSSR count). The fourth-order valence-corrected chi connectivity index (χ4v) is 1.88. The van der Waals surface area contributed by atoms with E-state index in [1.165, 1.54) is 0 Å². The third-order valence-corrected chi connectivity index (χ3v) is 3.00. The number of hydrogen-bond donors (Lipinski definition) is 2. The lowest BCUT2D eigenvalue weighted by Crippen LogP contribution is -2.14. The molecule has 0 spiro atoms. The van der Waals surface area contributed by atoms with Gasteiger partial charge in [-0.1, -0.05) is 17.7 Å². The first-order valence-corrected chi connectivity index (χ1v) is 6.80. The first kappa shape index (κ1) is 15.5. The van der Waals surface area contributed by atoms with Crippen LogP contribution in [-0.4, -0.2) is 11.8 Å². The molecule has 22 heavy (non-hydrogen) atoms. The van der Waals surface area contributed by atoms with Gasteiger partial charge in [-0.3, -0.25) is 9.59 Å². The smallest absolute Gasteiger partial charge is 0.255 e. The minimum atomic E-state index is -0.419. The van der Waals surface area contributed by atoms with Gasteiger partial charge < -0.3 is 10.6 Å². The van der Waals surface area contributed by atoms with E-state index in [-0.39, 0.29) is 12.3 Å². The standard InChI is InChI=1S/C16H12ClN3O2/c17-12-4-6-13(7-5-12)20-16(22)11-2-1-3-14(10-11)19-15(21)8-9-18/h1-7,10H,8H2,(H,19,21)(H,20,22). The van der Waals surface area contributed by atoms with Crippen molar-refractivity contribution in [2.75, 3.05) is 10.6 Å². The first-order valence-electron chi connectivity index (χ1n) is 6.42. The second-order valence-electron chi connectivity index (χ2n) is 4.42. The minimum Gasteiger partial charge on any atom is -0.325 e. The van der Waals surface area contributed by atoms with Crippen LogP contribution in [-0.2, 0) is 4.79 Å². The Morgan fingerprint density at radius 1 is 1.05 bits per heavy atom. The highest BCUT2D eigenvalue weighted by molar-refractivity contribution is 6.30. The molecule has 0 heterocycles. The van der Waals surface area contributed by atoms with Gasteiger partial charge in [-0.25, -0.2) is 0 Å². The zero-order valence-corrected chi connectivity index (χ0v) is 12.2. The van der Waals surface area contributed by atoms with E-state index in [2.05, 4.69) is 10.6 Å². The summed E-state index contributed by atoms with van der Waals surface area (Å²) in [5.74, 6) is -0.725. The van der Waals surface area contributed by atoms with E-state index in [1.807, 2.05) is 0 Å². The molecule has 0 aliphatic heterocycles. The van der Waals surface area contributed by atoms with E-state index in [0.29, 0.717) is 22.0 Å². The molecule has 5 nitrogen and oxygen atoms in total. The van der Waals surface area contributed by atoms with Crippen molar-refractivity contribution >= 4 is 34.8 Å². The van der Waals surface area contributed by atoms with Crippen LogP contribution in [0.5, 0.6) is 0 Å². The average Bonchev–Trinajstić information content (AvgIpc) is 2.50. The zero-order valence-electron chi connectivity index (χ0n) is 11.5. The quantitative estimate of drug-likeness (QED) is 0.907. The van der Waals surface area contributed by atoms with Crippen LogP contribution in [0.1, 0.15) is 16.8 Å². The predicted molar refractivity (Wildman–Crippen MR) is 84.7 cm³/mol. The normalized spacial score (nSPS) is 9.64. The second kappa shape index (κ2) is 7.25. The number of nitrogens with one attached hydrogen (secondary N) is 2. The zero-order chi connectivity index (χ0) is 15.9. The van der Waals surface area contributed by atoms with Crippen molar-refractivity contribution in [1.82, 2.24) is 0 Å². The number of nitriles is 1. The summed E-state index contributed by atoms with van der Waals surface area (Å²) in [7, 11) is 0. The van der Waals surface area contributed by atoms with Crippen molar-refractivity contribution in [1.29, 1.82) is 5.26 Å². The number of anilines is 2. The summed E-state index contributed by atoms with van der Waals surface area (Å²) in [4.78, 5) is 23.5. The predicted octanol–water partition coefficient (Wildman–Crippen LogP) is 3.44. The fraction of sp³-hybridized carbons (Fsp3) is 0.0625. The van der Waals surface area contributed by atoms with E-state index in [0.717, 1.165) is 0 Å². The molecule has 0 radical (unpaired) electrons. The van der Waals surface area contributed by atoms with Gasteiger partial charge in [0.15, 0.2) is 0 Å². The van der Waals surface area contributed by atoms with E-state index >= 15 is 0 Å². The lowest BCUT2D eigenvalue weighted by Gasteiger charge is -2.07. The minimum absolute atomic E-state index is 0.235. The molecule has 6 heteroatoms. The number of benzene rings is 2. The summed E-state index contributed by atoms with van der Waals surface area (Å²) < 4.78 is 0. The molecule has 0 aromatic heterocycles. The van der Waals surface area contributed by atoms with Gasteiger partial charge in [0, 0.05) is 22.0 Å². The molecule has 110 valence electrons. The number of halogens is 1. The van der Waals surface area contributed by atoms with Crippen molar-refractivity contribution in [2.45, 2.75) is 6.42 Å². The van der Waals surface area contributed by atoms with Gasteiger partial charge in [-0.2, -0.15) is 5.26 Å². The molecular weight excluding hydrogens is 302 g/mol. The molecule has 0 saturated carbocycles. The highest BCUT2D eigenvalue weighted by Gasteiger charge is 2.08. The third kappa shape index (κ3) is 4.33. The van der Waals surface area contributed by atoms with Crippen LogP contribution in [0.3, 0.4) is 0 Å². The summed E-state index contributed by atoms with van der Waals surface area (Å²) >= 11 is 5.78. The Balaban J connectivity index is 2.08. The van der Waals surface area contributed by atoms with Crippen molar-refractivity contribution in [3.8, 4) is 6.07 Å². The van der Waals surface area contributed by atoms with Gasteiger partial charge in [0.05, 0.1) is 6.07 Å². The summed E-state index contributed by atoms with van der Waals surface area (Å²) in [6, 6.07) is 15.0. The molecule has 2 amide bonds. The first-order chi connectivity index (χ1) is 10.6. The Morgan fingerprint density at radius 2 is 1.77 bits per heavy atom. The van der Waals surface area contributed by atoms with Crippen LogP contribution in [0, 0.1) is 11.3 Å². The molecule has 0 aliphatic rings. The lowest BCUT2D eigenvalue weighted by atomic mass is 10.1.